The quantitative estimate of drug-likeness (QED) is 0.588. The Balaban J connectivity index is 2.19. The molecule has 1 aromatic heterocycles. The summed E-state index contributed by atoms with van der Waals surface area (Å²) in [6, 6.07) is 21.6. The Morgan fingerprint density at radius 2 is 1.18 bits per heavy atom. The minimum absolute atomic E-state index is 0.118. The normalized spacial score (nSPS) is 11.4. The lowest BCUT2D eigenvalue weighted by atomic mass is 9.83. The highest BCUT2D eigenvalue weighted by atomic mass is 14.6. The summed E-state index contributed by atoms with van der Waals surface area (Å²) in [5, 5.41) is 0. The van der Waals surface area contributed by atoms with Gasteiger partial charge in [-0.1, -0.05) is 63.2 Å². The first-order valence-electron chi connectivity index (χ1n) is 7.65. The van der Waals surface area contributed by atoms with Gasteiger partial charge >= 0.3 is 0 Å². The van der Waals surface area contributed by atoms with Crippen LogP contribution in [-0.4, -0.2) is 4.98 Å². The van der Waals surface area contributed by atoms with Crippen molar-refractivity contribution in [2.45, 2.75) is 26.2 Å². The molecule has 22 heavy (non-hydrogen) atoms. The maximum Gasteiger partial charge on any atom is 0.0273 e. The van der Waals surface area contributed by atoms with Crippen molar-refractivity contribution in [3.05, 3.63) is 78.6 Å². The third kappa shape index (κ3) is 3.09. The molecule has 0 aliphatic rings. The van der Waals surface area contributed by atoms with Gasteiger partial charge in [0, 0.05) is 12.4 Å². The van der Waals surface area contributed by atoms with Gasteiger partial charge in [-0.05, 0) is 51.4 Å². The van der Waals surface area contributed by atoms with E-state index >= 15 is 0 Å². The molecule has 0 spiro atoms. The van der Waals surface area contributed by atoms with Gasteiger partial charge in [-0.25, -0.2) is 0 Å². The number of aromatic nitrogens is 1. The van der Waals surface area contributed by atoms with Gasteiger partial charge < -0.3 is 0 Å². The van der Waals surface area contributed by atoms with E-state index in [-0.39, 0.29) is 5.41 Å². The van der Waals surface area contributed by atoms with Crippen LogP contribution in [0.1, 0.15) is 26.3 Å². The first-order chi connectivity index (χ1) is 10.5. The van der Waals surface area contributed by atoms with Crippen LogP contribution in [0.2, 0.25) is 0 Å². The molecule has 0 amide bonds. The predicted octanol–water partition coefficient (Wildman–Crippen LogP) is 5.71. The van der Waals surface area contributed by atoms with Gasteiger partial charge in [-0.15, -0.1) is 0 Å². The molecule has 0 radical (unpaired) electrons. The summed E-state index contributed by atoms with van der Waals surface area (Å²) in [7, 11) is 0. The zero-order valence-corrected chi connectivity index (χ0v) is 13.4. The van der Waals surface area contributed by atoms with Crippen LogP contribution in [0, 0.1) is 0 Å². The molecule has 3 rings (SSSR count). The number of nitrogens with zero attached hydrogens (tertiary/aromatic N) is 1. The molecular weight excluding hydrogens is 266 g/mol. The maximum absolute atomic E-state index is 4.12. The molecule has 2 aromatic carbocycles. The van der Waals surface area contributed by atoms with Crippen LogP contribution in [0.25, 0.3) is 22.3 Å². The van der Waals surface area contributed by atoms with Crippen LogP contribution in [0.5, 0.6) is 0 Å². The average Bonchev–Trinajstić information content (AvgIpc) is 2.55. The maximum atomic E-state index is 4.12. The lowest BCUT2D eigenvalue weighted by Crippen LogP contribution is -2.11. The minimum Gasteiger partial charge on any atom is -0.265 e. The molecule has 3 aromatic rings. The van der Waals surface area contributed by atoms with Crippen molar-refractivity contribution in [1.82, 2.24) is 4.98 Å². The van der Waals surface area contributed by atoms with Crippen LogP contribution in [0.15, 0.2) is 73.1 Å². The van der Waals surface area contributed by atoms with E-state index in [2.05, 4.69) is 86.4 Å². The average molecular weight is 287 g/mol. The summed E-state index contributed by atoms with van der Waals surface area (Å²) in [5.41, 5.74) is 6.43. The van der Waals surface area contributed by atoms with E-state index in [1.54, 1.807) is 0 Å². The second kappa shape index (κ2) is 5.76. The Morgan fingerprint density at radius 1 is 0.636 bits per heavy atom. The van der Waals surface area contributed by atoms with Crippen molar-refractivity contribution >= 4 is 0 Å². The molecule has 0 aliphatic heterocycles. The van der Waals surface area contributed by atoms with E-state index in [1.807, 2.05) is 12.4 Å². The summed E-state index contributed by atoms with van der Waals surface area (Å²) in [6.07, 6.45) is 3.70. The largest absolute Gasteiger partial charge is 0.265 e. The summed E-state index contributed by atoms with van der Waals surface area (Å²) in [6.45, 7) is 6.77. The number of pyridine rings is 1. The summed E-state index contributed by atoms with van der Waals surface area (Å²) in [4.78, 5) is 4.12. The van der Waals surface area contributed by atoms with Crippen LogP contribution in [0.4, 0.5) is 0 Å². The highest BCUT2D eigenvalue weighted by Gasteiger charge is 2.16. The predicted molar refractivity (Wildman–Crippen MR) is 93.8 cm³/mol. The molecule has 0 saturated carbocycles. The summed E-state index contributed by atoms with van der Waals surface area (Å²) in [5.74, 6) is 0. The lowest BCUT2D eigenvalue weighted by Gasteiger charge is -2.21. The molecule has 0 N–H and O–H groups in total. The Kier molecular flexibility index (Phi) is 3.81. The Morgan fingerprint density at radius 3 is 1.73 bits per heavy atom. The standard InChI is InChI=1S/C21H21N/c1-21(2,3)20-14-18(16-7-5-4-6-8-16)13-19(15-20)17-9-11-22-12-10-17/h4-15H,1-3H3. The Labute approximate surface area is 132 Å². The van der Waals surface area contributed by atoms with Gasteiger partial charge in [-0.2, -0.15) is 0 Å². The molecule has 0 fully saturated rings. The molecular formula is C21H21N. The molecule has 0 atom stereocenters. The van der Waals surface area contributed by atoms with Crippen molar-refractivity contribution in [3.8, 4) is 22.3 Å². The first-order valence-corrected chi connectivity index (χ1v) is 7.65. The van der Waals surface area contributed by atoms with E-state index in [0.29, 0.717) is 0 Å². The molecule has 0 saturated heterocycles. The molecule has 0 aliphatic carbocycles. The number of hydrogen-bond donors (Lipinski definition) is 0. The first kappa shape index (κ1) is 14.5. The summed E-state index contributed by atoms with van der Waals surface area (Å²) < 4.78 is 0. The lowest BCUT2D eigenvalue weighted by molar-refractivity contribution is 0.590. The summed E-state index contributed by atoms with van der Waals surface area (Å²) >= 11 is 0. The fourth-order valence-electron chi connectivity index (χ4n) is 2.57. The molecule has 1 heteroatoms. The number of hydrogen-bond acceptors (Lipinski definition) is 1. The van der Waals surface area contributed by atoms with Gasteiger partial charge in [0.25, 0.3) is 0 Å². The van der Waals surface area contributed by atoms with Crippen molar-refractivity contribution in [3.63, 3.8) is 0 Å². The fourth-order valence-corrected chi connectivity index (χ4v) is 2.57. The topological polar surface area (TPSA) is 12.9 Å². The third-order valence-corrected chi connectivity index (χ3v) is 3.92. The molecule has 110 valence electrons. The number of benzene rings is 2. The SMILES string of the molecule is CC(C)(C)c1cc(-c2ccccc2)cc(-c2ccncc2)c1. The molecule has 1 heterocycles. The molecule has 1 nitrogen and oxygen atoms in total. The smallest absolute Gasteiger partial charge is 0.0273 e. The highest BCUT2D eigenvalue weighted by Crippen LogP contribution is 2.33. The molecule has 0 unspecified atom stereocenters. The van der Waals surface area contributed by atoms with Gasteiger partial charge in [0.1, 0.15) is 0 Å². The van der Waals surface area contributed by atoms with Crippen molar-refractivity contribution in [1.29, 1.82) is 0 Å². The van der Waals surface area contributed by atoms with E-state index < -0.39 is 0 Å². The van der Waals surface area contributed by atoms with Crippen molar-refractivity contribution in [2.75, 3.05) is 0 Å². The zero-order valence-electron chi connectivity index (χ0n) is 13.4. The number of rotatable bonds is 2. The van der Waals surface area contributed by atoms with Gasteiger partial charge in [0.05, 0.1) is 0 Å². The van der Waals surface area contributed by atoms with Gasteiger partial charge in [0.2, 0.25) is 0 Å². The van der Waals surface area contributed by atoms with Crippen LogP contribution in [-0.2, 0) is 5.41 Å². The van der Waals surface area contributed by atoms with Crippen molar-refractivity contribution in [2.24, 2.45) is 0 Å². The third-order valence-electron chi connectivity index (χ3n) is 3.92. The van der Waals surface area contributed by atoms with E-state index in [4.69, 9.17) is 0 Å². The van der Waals surface area contributed by atoms with Gasteiger partial charge in [0.15, 0.2) is 0 Å². The van der Waals surface area contributed by atoms with Gasteiger partial charge in [-0.3, -0.25) is 4.98 Å². The minimum atomic E-state index is 0.118. The van der Waals surface area contributed by atoms with E-state index in [0.717, 1.165) is 0 Å². The van der Waals surface area contributed by atoms with Crippen LogP contribution < -0.4 is 0 Å². The Hall–Kier alpha value is -2.41. The second-order valence-electron chi connectivity index (χ2n) is 6.65. The molecule has 0 bridgehead atoms. The Bertz CT molecular complexity index is 695. The van der Waals surface area contributed by atoms with Crippen LogP contribution >= 0.6 is 0 Å². The monoisotopic (exact) mass is 287 g/mol. The van der Waals surface area contributed by atoms with Crippen molar-refractivity contribution < 1.29 is 0 Å². The second-order valence-corrected chi connectivity index (χ2v) is 6.65. The fraction of sp³-hybridized carbons (Fsp3) is 0.190. The van der Waals surface area contributed by atoms with E-state index in [9.17, 15) is 0 Å². The van der Waals surface area contributed by atoms with Crippen LogP contribution in [0.3, 0.4) is 0 Å². The van der Waals surface area contributed by atoms with E-state index in [1.165, 1.54) is 27.8 Å². The highest BCUT2D eigenvalue weighted by molar-refractivity contribution is 5.74. The zero-order chi connectivity index (χ0) is 15.6.